The summed E-state index contributed by atoms with van der Waals surface area (Å²) >= 11 is 0. The molecule has 0 N–H and O–H groups in total. The highest BCUT2D eigenvalue weighted by Crippen LogP contribution is 2.34. The summed E-state index contributed by atoms with van der Waals surface area (Å²) in [5.41, 5.74) is 4.89. The van der Waals surface area contributed by atoms with E-state index in [0.717, 1.165) is 40.1 Å². The Kier molecular flexibility index (Phi) is 8.42. The van der Waals surface area contributed by atoms with Gasteiger partial charge in [-0.3, -0.25) is 9.59 Å². The fourth-order valence-corrected chi connectivity index (χ4v) is 3.30. The number of methoxy groups -OCH3 is 2. The van der Waals surface area contributed by atoms with Crippen LogP contribution < -0.4 is 4.74 Å². The molecule has 0 bridgehead atoms. The number of hydrogen-bond acceptors (Lipinski definition) is 5. The predicted octanol–water partition coefficient (Wildman–Crippen LogP) is 3.30. The molecule has 6 nitrogen and oxygen atoms in total. The molecule has 0 radical (unpaired) electrons. The Bertz CT molecular complexity index is 893. The number of benzene rings is 2. The van der Waals surface area contributed by atoms with Crippen LogP contribution in [0.15, 0.2) is 36.4 Å². The van der Waals surface area contributed by atoms with Gasteiger partial charge >= 0.3 is 5.97 Å². The third-order valence-corrected chi connectivity index (χ3v) is 5.01. The molecule has 0 unspecified atom stereocenters. The van der Waals surface area contributed by atoms with E-state index in [-0.39, 0.29) is 18.3 Å². The predicted molar refractivity (Wildman–Crippen MR) is 119 cm³/mol. The monoisotopic (exact) mass is 412 g/mol. The van der Waals surface area contributed by atoms with E-state index in [1.807, 2.05) is 50.2 Å². The first-order chi connectivity index (χ1) is 14.2. The van der Waals surface area contributed by atoms with Gasteiger partial charge in [0.05, 0.1) is 20.6 Å². The Morgan fingerprint density at radius 3 is 2.30 bits per heavy atom. The summed E-state index contributed by atoms with van der Waals surface area (Å²) in [5, 5.41) is 0. The second kappa shape index (κ2) is 10.8. The Hall–Kier alpha value is -2.86. The van der Waals surface area contributed by atoms with E-state index < -0.39 is 0 Å². The van der Waals surface area contributed by atoms with E-state index in [0.29, 0.717) is 13.1 Å². The van der Waals surface area contributed by atoms with Crippen molar-refractivity contribution in [1.29, 1.82) is 0 Å². The second-order valence-electron chi connectivity index (χ2n) is 7.69. The molecule has 0 aliphatic heterocycles. The molecule has 162 valence electrons. The summed E-state index contributed by atoms with van der Waals surface area (Å²) in [6, 6.07) is 11.9. The molecular weight excluding hydrogens is 380 g/mol. The Balaban J connectivity index is 2.48. The van der Waals surface area contributed by atoms with Crippen LogP contribution in [-0.2, 0) is 27.3 Å². The van der Waals surface area contributed by atoms with E-state index in [2.05, 4.69) is 17.0 Å². The lowest BCUT2D eigenvalue weighted by atomic mass is 9.94. The minimum absolute atomic E-state index is 0.0377. The number of carbonyl (C=O) groups is 2. The van der Waals surface area contributed by atoms with Crippen LogP contribution in [-0.4, -0.2) is 63.1 Å². The number of rotatable bonds is 9. The molecule has 1 amide bonds. The highest BCUT2D eigenvalue weighted by atomic mass is 16.5. The fourth-order valence-electron chi connectivity index (χ4n) is 3.30. The van der Waals surface area contributed by atoms with Gasteiger partial charge in [-0.15, -0.1) is 0 Å². The van der Waals surface area contributed by atoms with Gasteiger partial charge in [0.15, 0.2) is 0 Å². The molecule has 0 aliphatic carbocycles. The van der Waals surface area contributed by atoms with Crippen molar-refractivity contribution in [2.75, 3.05) is 41.4 Å². The van der Waals surface area contributed by atoms with Crippen molar-refractivity contribution in [2.45, 2.75) is 26.8 Å². The molecule has 0 atom stereocenters. The average molecular weight is 413 g/mol. The van der Waals surface area contributed by atoms with E-state index >= 15 is 0 Å². The molecule has 0 saturated heterocycles. The largest absolute Gasteiger partial charge is 0.496 e. The first kappa shape index (κ1) is 23.4. The molecule has 2 rings (SSSR count). The van der Waals surface area contributed by atoms with E-state index in [1.54, 1.807) is 14.0 Å². The van der Waals surface area contributed by atoms with Gasteiger partial charge in [0.25, 0.3) is 0 Å². The van der Waals surface area contributed by atoms with Crippen molar-refractivity contribution in [1.82, 2.24) is 9.80 Å². The van der Waals surface area contributed by atoms with E-state index in [9.17, 15) is 9.59 Å². The molecular formula is C24H32N2O4. The lowest BCUT2D eigenvalue weighted by Gasteiger charge is -2.25. The number of nitrogens with zero attached hydrogens (tertiary/aromatic N) is 2. The summed E-state index contributed by atoms with van der Waals surface area (Å²) in [6.07, 6.45) is 0.192. The maximum atomic E-state index is 12.3. The Morgan fingerprint density at radius 2 is 1.70 bits per heavy atom. The standard InChI is InChI=1S/C24H32N2O4/c1-17-7-9-21(20(13-17)16-26(18(2)27)12-11-25(3)4)22-14-19(15-24(28)30-6)8-10-23(22)29-5/h7-10,13-14H,11-12,15-16H2,1-6H3. The molecule has 30 heavy (non-hydrogen) atoms. The molecule has 0 aromatic heterocycles. The summed E-state index contributed by atoms with van der Waals surface area (Å²) in [7, 11) is 7.00. The third-order valence-electron chi connectivity index (χ3n) is 5.01. The quantitative estimate of drug-likeness (QED) is 0.592. The van der Waals surface area contributed by atoms with Crippen molar-refractivity contribution in [3.8, 4) is 16.9 Å². The first-order valence-corrected chi connectivity index (χ1v) is 9.99. The smallest absolute Gasteiger partial charge is 0.309 e. The summed E-state index contributed by atoms with van der Waals surface area (Å²) in [5.74, 6) is 0.466. The highest BCUT2D eigenvalue weighted by molar-refractivity contribution is 5.78. The van der Waals surface area contributed by atoms with E-state index in [4.69, 9.17) is 9.47 Å². The van der Waals surface area contributed by atoms with Crippen molar-refractivity contribution >= 4 is 11.9 Å². The topological polar surface area (TPSA) is 59.1 Å². The van der Waals surface area contributed by atoms with Crippen molar-refractivity contribution in [3.63, 3.8) is 0 Å². The third kappa shape index (κ3) is 6.32. The van der Waals surface area contributed by atoms with Gasteiger partial charge in [-0.2, -0.15) is 0 Å². The Morgan fingerprint density at radius 1 is 0.967 bits per heavy atom. The zero-order valence-corrected chi connectivity index (χ0v) is 18.8. The lowest BCUT2D eigenvalue weighted by molar-refractivity contribution is -0.139. The number of esters is 1. The second-order valence-corrected chi connectivity index (χ2v) is 7.69. The molecule has 2 aromatic rings. The molecule has 0 heterocycles. The number of amides is 1. The molecule has 0 saturated carbocycles. The lowest BCUT2D eigenvalue weighted by Crippen LogP contribution is -2.34. The fraction of sp³-hybridized carbons (Fsp3) is 0.417. The van der Waals surface area contributed by atoms with Crippen molar-refractivity contribution in [3.05, 3.63) is 53.1 Å². The van der Waals surface area contributed by atoms with Gasteiger partial charge in [0.2, 0.25) is 5.91 Å². The number of ether oxygens (including phenoxy) is 2. The molecule has 0 aliphatic rings. The summed E-state index contributed by atoms with van der Waals surface area (Å²) in [6.45, 7) is 5.58. The minimum atomic E-state index is -0.290. The van der Waals surface area contributed by atoms with Crippen LogP contribution >= 0.6 is 0 Å². The van der Waals surface area contributed by atoms with Gasteiger partial charge in [-0.05, 0) is 49.8 Å². The summed E-state index contributed by atoms with van der Waals surface area (Å²) < 4.78 is 10.4. The maximum Gasteiger partial charge on any atom is 0.309 e. The minimum Gasteiger partial charge on any atom is -0.496 e. The molecule has 2 aromatic carbocycles. The van der Waals surface area contributed by atoms with Gasteiger partial charge in [-0.1, -0.05) is 29.8 Å². The van der Waals surface area contributed by atoms with Crippen LogP contribution in [0.1, 0.15) is 23.6 Å². The normalized spacial score (nSPS) is 10.8. The Labute approximate surface area is 179 Å². The average Bonchev–Trinajstić information content (AvgIpc) is 2.70. The number of carbonyl (C=O) groups excluding carboxylic acids is 2. The molecule has 6 heteroatoms. The number of likely N-dealkylation sites (N-methyl/N-ethyl adjacent to an activating group) is 1. The maximum absolute atomic E-state index is 12.3. The zero-order chi connectivity index (χ0) is 22.3. The van der Waals surface area contributed by atoms with Crippen LogP contribution in [0.3, 0.4) is 0 Å². The molecule has 0 spiro atoms. The number of aryl methyl sites for hydroxylation is 1. The van der Waals surface area contributed by atoms with Crippen LogP contribution in [0, 0.1) is 6.92 Å². The SMILES string of the molecule is COC(=O)Cc1ccc(OC)c(-c2ccc(C)cc2CN(CCN(C)C)C(C)=O)c1. The van der Waals surface area contributed by atoms with E-state index in [1.165, 1.54) is 7.11 Å². The van der Waals surface area contributed by atoms with Crippen LogP contribution in [0.25, 0.3) is 11.1 Å². The summed E-state index contributed by atoms with van der Waals surface area (Å²) in [4.78, 5) is 27.9. The van der Waals surface area contributed by atoms with Crippen LogP contribution in [0.4, 0.5) is 0 Å². The van der Waals surface area contributed by atoms with Crippen molar-refractivity contribution in [2.24, 2.45) is 0 Å². The first-order valence-electron chi connectivity index (χ1n) is 9.99. The van der Waals surface area contributed by atoms with Gasteiger partial charge in [0.1, 0.15) is 5.75 Å². The van der Waals surface area contributed by atoms with Gasteiger partial charge in [-0.25, -0.2) is 0 Å². The molecule has 0 fully saturated rings. The van der Waals surface area contributed by atoms with Gasteiger partial charge in [0, 0.05) is 32.1 Å². The van der Waals surface area contributed by atoms with Gasteiger partial charge < -0.3 is 19.3 Å². The number of hydrogen-bond donors (Lipinski definition) is 0. The van der Waals surface area contributed by atoms with Crippen molar-refractivity contribution < 1.29 is 19.1 Å². The van der Waals surface area contributed by atoms with Crippen LogP contribution in [0.5, 0.6) is 5.75 Å². The zero-order valence-electron chi connectivity index (χ0n) is 18.8. The highest BCUT2D eigenvalue weighted by Gasteiger charge is 2.17. The van der Waals surface area contributed by atoms with Crippen LogP contribution in [0.2, 0.25) is 0 Å².